The predicted octanol–water partition coefficient (Wildman–Crippen LogP) is 1.75. The normalized spacial score (nSPS) is 19.2. The largest absolute Gasteiger partial charge is 0.476 e. The number of anilines is 1. The Hall–Kier alpha value is -2.62. The van der Waals surface area contributed by atoms with Gasteiger partial charge in [0.25, 0.3) is 5.91 Å². The lowest BCUT2D eigenvalue weighted by molar-refractivity contribution is -0.127. The van der Waals surface area contributed by atoms with Crippen LogP contribution in [0.1, 0.15) is 18.1 Å². The van der Waals surface area contributed by atoms with Crippen molar-refractivity contribution in [1.82, 2.24) is 10.2 Å². The van der Waals surface area contributed by atoms with Crippen LogP contribution in [-0.2, 0) is 32.6 Å². The number of sulfonamides is 1. The molecule has 0 radical (unpaired) electrons. The fourth-order valence-corrected chi connectivity index (χ4v) is 4.97. The Morgan fingerprint density at radius 1 is 1.06 bits per heavy atom. The quantitative estimate of drug-likeness (QED) is 0.679. The minimum absolute atomic E-state index is 0.0441. The molecule has 1 saturated heterocycles. The number of hydrogen-bond donors (Lipinski definition) is 1. The first-order valence-electron chi connectivity index (χ1n) is 10.9. The van der Waals surface area contributed by atoms with Crippen LogP contribution in [0.4, 0.5) is 5.69 Å². The highest BCUT2D eigenvalue weighted by Crippen LogP contribution is 2.35. The molecule has 1 atom stereocenters. The zero-order valence-electron chi connectivity index (χ0n) is 18.2. The third kappa shape index (κ3) is 5.23. The second-order valence-corrected chi connectivity index (χ2v) is 10.1. The summed E-state index contributed by atoms with van der Waals surface area (Å²) in [5.74, 6) is 0.00327. The number of amides is 1. The van der Waals surface area contributed by atoms with Gasteiger partial charge in [-0.3, -0.25) is 14.0 Å². The van der Waals surface area contributed by atoms with E-state index in [0.29, 0.717) is 18.0 Å². The molecule has 0 spiro atoms. The Balaban J connectivity index is 1.36. The summed E-state index contributed by atoms with van der Waals surface area (Å²) in [6, 6.07) is 15.0. The second kappa shape index (κ2) is 9.89. The van der Waals surface area contributed by atoms with Crippen molar-refractivity contribution in [3.63, 3.8) is 0 Å². The van der Waals surface area contributed by atoms with Crippen molar-refractivity contribution < 1.29 is 22.7 Å². The molecule has 2 aliphatic heterocycles. The molecule has 0 unspecified atom stereocenters. The van der Waals surface area contributed by atoms with E-state index in [1.807, 2.05) is 12.1 Å². The number of carbonyl (C=O) groups excluding carboxylic acids is 1. The number of morpholine rings is 1. The third-order valence-electron chi connectivity index (χ3n) is 5.73. The monoisotopic (exact) mass is 459 g/mol. The molecule has 0 aliphatic carbocycles. The summed E-state index contributed by atoms with van der Waals surface area (Å²) in [7, 11) is -3.52. The Bertz CT molecular complexity index is 1040. The summed E-state index contributed by atoms with van der Waals surface area (Å²) in [6.07, 6.45) is -0.910. The molecule has 0 aromatic heterocycles. The van der Waals surface area contributed by atoms with Gasteiger partial charge in [0, 0.05) is 26.2 Å². The Morgan fingerprint density at radius 3 is 2.47 bits per heavy atom. The summed E-state index contributed by atoms with van der Waals surface area (Å²) in [6.45, 7) is 6.19. The van der Waals surface area contributed by atoms with Crippen molar-refractivity contribution in [3.05, 3.63) is 59.7 Å². The summed E-state index contributed by atoms with van der Waals surface area (Å²) >= 11 is 0. The van der Waals surface area contributed by atoms with Gasteiger partial charge in [-0.05, 0) is 30.2 Å². The molecule has 2 heterocycles. The summed E-state index contributed by atoms with van der Waals surface area (Å²) in [5, 5.41) is 2.88. The number of fused-ring (bicyclic) bond motifs is 1. The maximum Gasteiger partial charge on any atom is 0.263 e. The van der Waals surface area contributed by atoms with Crippen molar-refractivity contribution in [2.45, 2.75) is 26.1 Å². The van der Waals surface area contributed by atoms with Crippen LogP contribution in [0.5, 0.6) is 5.75 Å². The van der Waals surface area contributed by atoms with Gasteiger partial charge in [-0.25, -0.2) is 8.42 Å². The Kier molecular flexibility index (Phi) is 6.98. The van der Waals surface area contributed by atoms with Crippen LogP contribution in [0.25, 0.3) is 0 Å². The molecular weight excluding hydrogens is 430 g/mol. The van der Waals surface area contributed by atoms with Gasteiger partial charge in [-0.2, -0.15) is 0 Å². The first kappa shape index (κ1) is 22.6. The minimum Gasteiger partial charge on any atom is -0.476 e. The highest BCUT2D eigenvalue weighted by molar-refractivity contribution is 7.92. The van der Waals surface area contributed by atoms with Crippen LogP contribution in [0.3, 0.4) is 0 Å². The zero-order valence-corrected chi connectivity index (χ0v) is 19.0. The van der Waals surface area contributed by atoms with Gasteiger partial charge in [0.15, 0.2) is 6.10 Å². The van der Waals surface area contributed by atoms with Gasteiger partial charge in [-0.1, -0.05) is 36.4 Å². The van der Waals surface area contributed by atoms with Crippen molar-refractivity contribution in [1.29, 1.82) is 0 Å². The van der Waals surface area contributed by atoms with E-state index in [1.165, 1.54) is 9.87 Å². The number of hydrogen-bond acceptors (Lipinski definition) is 6. The summed E-state index contributed by atoms with van der Waals surface area (Å²) < 4.78 is 37.6. The first-order chi connectivity index (χ1) is 15.5. The van der Waals surface area contributed by atoms with Gasteiger partial charge in [-0.15, -0.1) is 0 Å². The maximum atomic E-state index is 12.8. The molecule has 1 fully saturated rings. The highest BCUT2D eigenvalue weighted by atomic mass is 32.2. The molecule has 172 valence electrons. The number of rotatable bonds is 7. The van der Waals surface area contributed by atoms with Crippen molar-refractivity contribution >= 4 is 21.6 Å². The lowest BCUT2D eigenvalue weighted by Gasteiger charge is -2.34. The van der Waals surface area contributed by atoms with Gasteiger partial charge in [0.1, 0.15) is 5.75 Å². The van der Waals surface area contributed by atoms with E-state index in [1.54, 1.807) is 31.2 Å². The molecule has 1 amide bonds. The van der Waals surface area contributed by atoms with Gasteiger partial charge < -0.3 is 14.8 Å². The first-order valence-corrected chi connectivity index (χ1v) is 12.5. The van der Waals surface area contributed by atoms with Crippen LogP contribution >= 0.6 is 0 Å². The number of nitrogens with one attached hydrogen (secondary N) is 1. The van der Waals surface area contributed by atoms with Crippen molar-refractivity contribution in [2.24, 2.45) is 0 Å². The zero-order chi connectivity index (χ0) is 22.6. The van der Waals surface area contributed by atoms with E-state index in [2.05, 4.69) is 22.3 Å². The molecule has 2 aromatic carbocycles. The standard InChI is InChI=1S/C23H29N3O5S/c1-2-32(28,29)26-17-22(31-21-6-4-3-5-20(21)26)23(27)24-15-18-7-9-19(10-8-18)16-25-11-13-30-14-12-25/h3-10,22H,2,11-17H2,1H3,(H,24,27)/t22-/m1/s1. The van der Waals surface area contributed by atoms with Crippen LogP contribution in [-0.4, -0.2) is 63.9 Å². The SMILES string of the molecule is CCS(=O)(=O)N1C[C@H](C(=O)NCc2ccc(CN3CCOCC3)cc2)Oc2ccccc21. The topological polar surface area (TPSA) is 88.2 Å². The van der Waals surface area contributed by atoms with E-state index in [4.69, 9.17) is 9.47 Å². The van der Waals surface area contributed by atoms with E-state index in [0.717, 1.165) is 38.4 Å². The van der Waals surface area contributed by atoms with Crippen molar-refractivity contribution in [2.75, 3.05) is 42.9 Å². The highest BCUT2D eigenvalue weighted by Gasteiger charge is 2.35. The van der Waals surface area contributed by atoms with Gasteiger partial charge in [0.2, 0.25) is 10.0 Å². The van der Waals surface area contributed by atoms with E-state index in [-0.39, 0.29) is 18.2 Å². The Morgan fingerprint density at radius 2 is 1.75 bits per heavy atom. The van der Waals surface area contributed by atoms with Gasteiger partial charge in [0.05, 0.1) is 31.2 Å². The van der Waals surface area contributed by atoms with Crippen LogP contribution in [0.15, 0.2) is 48.5 Å². The average Bonchev–Trinajstić information content (AvgIpc) is 2.83. The van der Waals surface area contributed by atoms with Gasteiger partial charge >= 0.3 is 0 Å². The molecule has 2 aliphatic rings. The number of para-hydroxylation sites is 2. The molecule has 9 heteroatoms. The molecule has 1 N–H and O–H groups in total. The summed E-state index contributed by atoms with van der Waals surface area (Å²) in [5.41, 5.74) is 2.65. The number of carbonyl (C=O) groups is 1. The molecule has 8 nitrogen and oxygen atoms in total. The Labute approximate surface area is 189 Å². The van der Waals surface area contributed by atoms with E-state index in [9.17, 15) is 13.2 Å². The van der Waals surface area contributed by atoms with E-state index >= 15 is 0 Å². The lowest BCUT2D eigenvalue weighted by atomic mass is 10.1. The number of benzene rings is 2. The third-order valence-corrected chi connectivity index (χ3v) is 7.47. The van der Waals surface area contributed by atoms with E-state index < -0.39 is 16.1 Å². The fourth-order valence-electron chi connectivity index (χ4n) is 3.84. The predicted molar refractivity (Wildman–Crippen MR) is 122 cm³/mol. The molecular formula is C23H29N3O5S. The second-order valence-electron chi connectivity index (χ2n) is 7.93. The molecule has 4 rings (SSSR count). The lowest BCUT2D eigenvalue weighted by Crippen LogP contribution is -2.50. The van der Waals surface area contributed by atoms with Crippen molar-refractivity contribution in [3.8, 4) is 5.75 Å². The van der Waals surface area contributed by atoms with Crippen LogP contribution < -0.4 is 14.4 Å². The smallest absolute Gasteiger partial charge is 0.263 e. The molecule has 0 bridgehead atoms. The molecule has 0 saturated carbocycles. The summed E-state index contributed by atoms with van der Waals surface area (Å²) in [4.78, 5) is 15.2. The van der Waals surface area contributed by atoms with Crippen LogP contribution in [0.2, 0.25) is 0 Å². The molecule has 32 heavy (non-hydrogen) atoms. The molecule has 2 aromatic rings. The van der Waals surface area contributed by atoms with Crippen LogP contribution in [0, 0.1) is 0 Å². The fraction of sp³-hybridized carbons (Fsp3) is 0.435. The number of ether oxygens (including phenoxy) is 2. The number of nitrogens with zero attached hydrogens (tertiary/aromatic N) is 2. The minimum atomic E-state index is -3.52. The average molecular weight is 460 g/mol. The maximum absolute atomic E-state index is 12.8.